The Kier molecular flexibility index (Phi) is 6.24. The van der Waals surface area contributed by atoms with Crippen LogP contribution in [0.15, 0.2) is 23.3 Å². The van der Waals surface area contributed by atoms with Gasteiger partial charge in [0.05, 0.1) is 13.3 Å². The van der Waals surface area contributed by atoms with Gasteiger partial charge in [-0.2, -0.15) is 22.7 Å². The van der Waals surface area contributed by atoms with Crippen molar-refractivity contribution in [3.8, 4) is 11.5 Å². The topological polar surface area (TPSA) is 69.2 Å². The number of hydrazone groups is 1. The first-order valence-corrected chi connectivity index (χ1v) is 5.33. The van der Waals surface area contributed by atoms with Gasteiger partial charge in [0.15, 0.2) is 0 Å². The molecule has 0 bridgehead atoms. The molecule has 0 aliphatic carbocycles. The number of hydrogen-bond donors (Lipinski definition) is 1. The van der Waals surface area contributed by atoms with Crippen LogP contribution in [0.25, 0.3) is 0 Å². The van der Waals surface area contributed by atoms with Gasteiger partial charge in [-0.3, -0.25) is 0 Å². The average Bonchev–Trinajstić information content (AvgIpc) is 2.39. The molecule has 0 atom stereocenters. The summed E-state index contributed by atoms with van der Waals surface area (Å²) in [5, 5.41) is 3.41. The molecule has 0 radical (unpaired) electrons. The Morgan fingerprint density at radius 3 is 2.48 bits per heavy atom. The summed E-state index contributed by atoms with van der Waals surface area (Å²) in [6.45, 7) is -6.28. The predicted molar refractivity (Wildman–Crippen MR) is 62.8 cm³/mol. The highest BCUT2D eigenvalue weighted by atomic mass is 19.3. The van der Waals surface area contributed by atoms with Gasteiger partial charge in [-0.25, -0.2) is 10.2 Å². The largest absolute Gasteiger partial charge is 0.452 e. The lowest BCUT2D eigenvalue weighted by molar-refractivity contribution is -0.0543. The number of benzene rings is 1. The second-order valence-corrected chi connectivity index (χ2v) is 3.32. The zero-order chi connectivity index (χ0) is 15.8. The molecular weight excluding hydrogens is 300 g/mol. The average molecular weight is 310 g/mol. The quantitative estimate of drug-likeness (QED) is 0.498. The summed E-state index contributed by atoms with van der Waals surface area (Å²) in [6, 6.07) is 3.10. The highest BCUT2D eigenvalue weighted by molar-refractivity contribution is 5.84. The van der Waals surface area contributed by atoms with Crippen molar-refractivity contribution in [2.45, 2.75) is 13.2 Å². The molecule has 116 valence electrons. The van der Waals surface area contributed by atoms with Crippen molar-refractivity contribution in [1.29, 1.82) is 0 Å². The first-order chi connectivity index (χ1) is 9.92. The lowest BCUT2D eigenvalue weighted by Crippen LogP contribution is -2.17. The van der Waals surface area contributed by atoms with Crippen molar-refractivity contribution in [3.05, 3.63) is 23.8 Å². The first kappa shape index (κ1) is 16.5. The number of methoxy groups -OCH3 is 1. The van der Waals surface area contributed by atoms with Gasteiger partial charge in [-0.1, -0.05) is 0 Å². The van der Waals surface area contributed by atoms with E-state index < -0.39 is 25.1 Å². The van der Waals surface area contributed by atoms with E-state index in [9.17, 15) is 22.4 Å². The molecule has 1 aromatic carbocycles. The lowest BCUT2D eigenvalue weighted by atomic mass is 10.2. The van der Waals surface area contributed by atoms with E-state index in [-0.39, 0.29) is 11.3 Å². The second kappa shape index (κ2) is 7.92. The van der Waals surface area contributed by atoms with Crippen LogP contribution in [0.5, 0.6) is 11.5 Å². The zero-order valence-electron chi connectivity index (χ0n) is 10.6. The van der Waals surface area contributed by atoms with E-state index in [2.05, 4.69) is 19.3 Å². The van der Waals surface area contributed by atoms with E-state index in [0.29, 0.717) is 0 Å². The summed E-state index contributed by atoms with van der Waals surface area (Å²) >= 11 is 0. The molecule has 0 fully saturated rings. The Morgan fingerprint density at radius 2 is 1.90 bits per heavy atom. The number of alkyl halides is 4. The smallest absolute Gasteiger partial charge is 0.427 e. The summed E-state index contributed by atoms with van der Waals surface area (Å²) in [6.07, 6.45) is 0.0982. The second-order valence-electron chi connectivity index (χ2n) is 3.32. The summed E-state index contributed by atoms with van der Waals surface area (Å²) in [4.78, 5) is 10.7. The molecule has 0 saturated heterocycles. The third-order valence-electron chi connectivity index (χ3n) is 1.97. The van der Waals surface area contributed by atoms with E-state index in [1.54, 1.807) is 0 Å². The minimum Gasteiger partial charge on any atom is -0.452 e. The first-order valence-electron chi connectivity index (χ1n) is 5.33. The molecule has 0 aromatic heterocycles. The van der Waals surface area contributed by atoms with Crippen LogP contribution in [0.3, 0.4) is 0 Å². The van der Waals surface area contributed by atoms with E-state index >= 15 is 0 Å². The van der Waals surface area contributed by atoms with Crippen LogP contribution in [0.4, 0.5) is 22.4 Å². The third kappa shape index (κ3) is 5.97. The van der Waals surface area contributed by atoms with E-state index in [4.69, 9.17) is 0 Å². The van der Waals surface area contributed by atoms with Crippen LogP contribution in [0, 0.1) is 0 Å². The maximum atomic E-state index is 12.3. The summed E-state index contributed by atoms with van der Waals surface area (Å²) in [5.74, 6) is -0.808. The molecule has 0 spiro atoms. The fourth-order valence-electron chi connectivity index (χ4n) is 1.20. The lowest BCUT2D eigenvalue weighted by Gasteiger charge is -2.10. The number of nitrogens with zero attached hydrogens (tertiary/aromatic N) is 1. The number of carbonyl (C=O) groups is 1. The highest BCUT2D eigenvalue weighted by Crippen LogP contribution is 2.26. The molecule has 0 unspecified atom stereocenters. The molecule has 1 N–H and O–H groups in total. The fourth-order valence-corrected chi connectivity index (χ4v) is 1.20. The standard InChI is InChI=1S/C11H10F4N2O4/c1-19-11(18)17-16-5-6-2-3-7(20-9(12)13)4-8(6)21-10(14)15/h2-5,9-10H,1H3,(H,17,18)/b16-5+. The third-order valence-corrected chi connectivity index (χ3v) is 1.97. The Hall–Kier alpha value is -2.52. The molecule has 1 aromatic rings. The van der Waals surface area contributed by atoms with Crippen LogP contribution in [0.2, 0.25) is 0 Å². The van der Waals surface area contributed by atoms with Gasteiger partial charge in [0.1, 0.15) is 11.5 Å². The summed E-state index contributed by atoms with van der Waals surface area (Å²) in [5.41, 5.74) is 1.93. The number of halogens is 4. The van der Waals surface area contributed by atoms with Crippen LogP contribution in [0.1, 0.15) is 5.56 Å². The van der Waals surface area contributed by atoms with Gasteiger partial charge in [-0.15, -0.1) is 0 Å². The van der Waals surface area contributed by atoms with Crippen molar-refractivity contribution in [3.63, 3.8) is 0 Å². The predicted octanol–water partition coefficient (Wildman–Crippen LogP) is 2.58. The molecule has 0 heterocycles. The van der Waals surface area contributed by atoms with Crippen molar-refractivity contribution in [2.24, 2.45) is 5.10 Å². The molecule has 10 heteroatoms. The normalized spacial score (nSPS) is 11.0. The van der Waals surface area contributed by atoms with Crippen LogP contribution >= 0.6 is 0 Å². The van der Waals surface area contributed by atoms with Crippen LogP contribution in [-0.2, 0) is 4.74 Å². The van der Waals surface area contributed by atoms with Gasteiger partial charge in [-0.05, 0) is 12.1 Å². The Morgan fingerprint density at radius 1 is 1.24 bits per heavy atom. The molecule has 1 amide bonds. The fraction of sp³-hybridized carbons (Fsp3) is 0.273. The molecular formula is C11H10F4N2O4. The minimum absolute atomic E-state index is 0.00770. The molecule has 0 saturated carbocycles. The maximum Gasteiger partial charge on any atom is 0.427 e. The number of carbonyl (C=O) groups excluding carboxylic acids is 1. The molecule has 0 aliphatic rings. The van der Waals surface area contributed by atoms with Gasteiger partial charge >= 0.3 is 19.3 Å². The molecule has 21 heavy (non-hydrogen) atoms. The minimum atomic E-state index is -3.17. The maximum absolute atomic E-state index is 12.3. The number of ether oxygens (including phenoxy) is 3. The van der Waals surface area contributed by atoms with E-state index in [1.807, 2.05) is 5.43 Å². The zero-order valence-corrected chi connectivity index (χ0v) is 10.6. The van der Waals surface area contributed by atoms with Gasteiger partial charge in [0.2, 0.25) is 0 Å². The monoisotopic (exact) mass is 310 g/mol. The van der Waals surface area contributed by atoms with Gasteiger partial charge < -0.3 is 14.2 Å². The van der Waals surface area contributed by atoms with Crippen molar-refractivity contribution in [1.82, 2.24) is 5.43 Å². The SMILES string of the molecule is COC(=O)N/N=C/c1ccc(OC(F)F)cc1OC(F)F. The van der Waals surface area contributed by atoms with E-state index in [1.165, 1.54) is 0 Å². The van der Waals surface area contributed by atoms with Gasteiger partial charge in [0, 0.05) is 11.6 Å². The number of nitrogens with one attached hydrogen (secondary N) is 1. The van der Waals surface area contributed by atoms with Crippen molar-refractivity contribution < 1.29 is 36.6 Å². The molecule has 1 rings (SSSR count). The number of rotatable bonds is 6. The van der Waals surface area contributed by atoms with E-state index in [0.717, 1.165) is 31.5 Å². The highest BCUT2D eigenvalue weighted by Gasteiger charge is 2.12. The van der Waals surface area contributed by atoms with Crippen molar-refractivity contribution in [2.75, 3.05) is 7.11 Å². The molecule has 0 aliphatic heterocycles. The van der Waals surface area contributed by atoms with Crippen LogP contribution in [-0.4, -0.2) is 32.6 Å². The molecule has 6 nitrogen and oxygen atoms in total. The van der Waals surface area contributed by atoms with Crippen LogP contribution < -0.4 is 14.9 Å². The summed E-state index contributed by atoms with van der Waals surface area (Å²) < 4.78 is 61.0. The van der Waals surface area contributed by atoms with Gasteiger partial charge in [0.25, 0.3) is 0 Å². The number of hydrogen-bond acceptors (Lipinski definition) is 5. The van der Waals surface area contributed by atoms with Crippen molar-refractivity contribution >= 4 is 12.3 Å². The Balaban J connectivity index is 2.93. The Bertz CT molecular complexity index is 511. The Labute approximate surface area is 116 Å². The summed E-state index contributed by atoms with van der Waals surface area (Å²) in [7, 11) is 1.10. The number of amides is 1.